The minimum Gasteiger partial charge on any atom is -0.549 e. The van der Waals surface area contributed by atoms with E-state index in [0.29, 0.717) is 11.0 Å². The second kappa shape index (κ2) is 8.59. The smallest absolute Gasteiger partial charge is 0.196 e. The molecule has 0 radical (unpaired) electrons. The number of thioether (sulfide) groups is 1. The molecule has 4 rings (SSSR count). The lowest BCUT2D eigenvalue weighted by Crippen LogP contribution is -2.31. The lowest BCUT2D eigenvalue weighted by Gasteiger charge is -2.15. The molecular formula is C23H20N3O3S-. The monoisotopic (exact) mass is 418 g/mol. The molecule has 30 heavy (non-hydrogen) atoms. The average molecular weight is 418 g/mol. The largest absolute Gasteiger partial charge is 0.549 e. The van der Waals surface area contributed by atoms with Crippen molar-refractivity contribution in [2.24, 2.45) is 0 Å². The summed E-state index contributed by atoms with van der Waals surface area (Å²) in [5.41, 5.74) is 1.97. The molecule has 3 aromatic carbocycles. The average Bonchev–Trinajstić information content (AvgIpc) is 3.15. The van der Waals surface area contributed by atoms with Gasteiger partial charge in [0, 0.05) is 16.3 Å². The number of carbonyl (C=O) groups is 1. The quantitative estimate of drug-likeness (QED) is 0.427. The molecule has 0 spiro atoms. The Morgan fingerprint density at radius 1 is 1.07 bits per heavy atom. The Morgan fingerprint density at radius 2 is 1.80 bits per heavy atom. The van der Waals surface area contributed by atoms with Crippen LogP contribution in [0.4, 0.5) is 0 Å². The second-order valence-corrected chi connectivity index (χ2v) is 8.22. The molecule has 0 saturated carbocycles. The van der Waals surface area contributed by atoms with Crippen LogP contribution in [0.5, 0.6) is 5.75 Å². The summed E-state index contributed by atoms with van der Waals surface area (Å²) in [6, 6.07) is 21.8. The number of carboxylic acid groups (broad SMARTS) is 1. The van der Waals surface area contributed by atoms with Gasteiger partial charge in [0.05, 0.1) is 5.97 Å². The van der Waals surface area contributed by atoms with E-state index in [-0.39, 0.29) is 6.61 Å². The molecule has 152 valence electrons. The lowest BCUT2D eigenvalue weighted by molar-refractivity contribution is -0.304. The van der Waals surface area contributed by atoms with E-state index >= 15 is 0 Å². The van der Waals surface area contributed by atoms with Crippen molar-refractivity contribution in [1.82, 2.24) is 14.8 Å². The topological polar surface area (TPSA) is 80.1 Å². The number of carbonyl (C=O) groups excluding carboxylic acids is 1. The molecular weight excluding hydrogens is 398 g/mol. The van der Waals surface area contributed by atoms with Gasteiger partial charge in [-0.15, -0.1) is 10.2 Å². The predicted molar refractivity (Wildman–Crippen MR) is 115 cm³/mol. The van der Waals surface area contributed by atoms with Crippen LogP contribution in [-0.4, -0.2) is 26.0 Å². The van der Waals surface area contributed by atoms with Gasteiger partial charge in [0.25, 0.3) is 0 Å². The van der Waals surface area contributed by atoms with Crippen LogP contribution in [0.3, 0.4) is 0 Å². The molecule has 6 nitrogen and oxygen atoms in total. The highest BCUT2D eigenvalue weighted by Crippen LogP contribution is 2.28. The van der Waals surface area contributed by atoms with Crippen molar-refractivity contribution in [2.75, 3.05) is 0 Å². The molecule has 0 aliphatic rings. The summed E-state index contributed by atoms with van der Waals surface area (Å²) >= 11 is 1.09. The summed E-state index contributed by atoms with van der Waals surface area (Å²) in [5.74, 6) is 0.190. The molecule has 0 aliphatic heterocycles. The summed E-state index contributed by atoms with van der Waals surface area (Å²) in [7, 11) is 0. The fourth-order valence-corrected chi connectivity index (χ4v) is 3.91. The third-order valence-electron chi connectivity index (χ3n) is 4.71. The Hall–Kier alpha value is -3.32. The summed E-state index contributed by atoms with van der Waals surface area (Å²) in [6.07, 6.45) is 0. The molecule has 0 unspecified atom stereocenters. The number of rotatable bonds is 7. The normalized spacial score (nSPS) is 12.1. The van der Waals surface area contributed by atoms with Crippen LogP contribution in [0.25, 0.3) is 16.5 Å². The Balaban J connectivity index is 1.67. The van der Waals surface area contributed by atoms with Crippen LogP contribution in [0, 0.1) is 6.92 Å². The van der Waals surface area contributed by atoms with Crippen molar-refractivity contribution < 1.29 is 14.6 Å². The second-order valence-electron chi connectivity index (χ2n) is 6.91. The maximum atomic E-state index is 11.2. The fourth-order valence-electron chi connectivity index (χ4n) is 3.09. The zero-order valence-corrected chi connectivity index (χ0v) is 17.4. The van der Waals surface area contributed by atoms with E-state index in [1.54, 1.807) is 6.92 Å². The van der Waals surface area contributed by atoms with Gasteiger partial charge in [-0.1, -0.05) is 65.9 Å². The van der Waals surface area contributed by atoms with Crippen molar-refractivity contribution in [3.63, 3.8) is 0 Å². The first kappa shape index (κ1) is 20.0. The number of hydrogen-bond acceptors (Lipinski definition) is 6. The molecule has 0 aliphatic carbocycles. The number of hydrogen-bond donors (Lipinski definition) is 0. The van der Waals surface area contributed by atoms with Crippen LogP contribution in [0.1, 0.15) is 18.3 Å². The predicted octanol–water partition coefficient (Wildman–Crippen LogP) is 3.54. The first-order chi connectivity index (χ1) is 14.5. The summed E-state index contributed by atoms with van der Waals surface area (Å²) in [5, 5.41) is 21.5. The van der Waals surface area contributed by atoms with E-state index in [9.17, 15) is 9.90 Å². The van der Waals surface area contributed by atoms with E-state index in [1.807, 2.05) is 78.2 Å². The number of aromatic nitrogens is 3. The van der Waals surface area contributed by atoms with Crippen LogP contribution in [0.2, 0.25) is 0 Å². The van der Waals surface area contributed by atoms with E-state index in [0.717, 1.165) is 39.5 Å². The molecule has 0 amide bonds. The number of carboxylic acids is 1. The molecule has 1 aromatic heterocycles. The number of aryl methyl sites for hydroxylation is 1. The molecule has 0 saturated heterocycles. The maximum absolute atomic E-state index is 11.2. The standard InChI is InChI=1S/C23H21N3O3S/c1-15-10-12-18(13-11-15)26-21(24-25-23(26)30-16(2)22(27)28)14-29-20-9-5-7-17-6-3-4-8-19(17)20/h3-13,16H,14H2,1-2H3,(H,27,28)/p-1/t16-/m0/s1. The third-order valence-corrected chi connectivity index (χ3v) is 5.73. The van der Waals surface area contributed by atoms with E-state index < -0.39 is 11.2 Å². The number of ether oxygens (including phenoxy) is 1. The first-order valence-corrected chi connectivity index (χ1v) is 10.4. The number of nitrogens with zero attached hydrogens (tertiary/aromatic N) is 3. The number of benzene rings is 3. The molecule has 0 N–H and O–H groups in total. The Morgan fingerprint density at radius 3 is 2.57 bits per heavy atom. The van der Waals surface area contributed by atoms with E-state index in [2.05, 4.69) is 10.2 Å². The van der Waals surface area contributed by atoms with Gasteiger partial charge >= 0.3 is 0 Å². The Kier molecular flexibility index (Phi) is 5.72. The molecule has 4 aromatic rings. The van der Waals surface area contributed by atoms with Gasteiger partial charge < -0.3 is 14.6 Å². The van der Waals surface area contributed by atoms with Crippen molar-refractivity contribution in [3.8, 4) is 11.4 Å². The molecule has 1 atom stereocenters. The Bertz CT molecular complexity index is 1180. The highest BCUT2D eigenvalue weighted by Gasteiger charge is 2.18. The maximum Gasteiger partial charge on any atom is 0.196 e. The number of fused-ring (bicyclic) bond motifs is 1. The molecule has 1 heterocycles. The van der Waals surface area contributed by atoms with E-state index in [1.165, 1.54) is 0 Å². The highest BCUT2D eigenvalue weighted by molar-refractivity contribution is 8.00. The van der Waals surface area contributed by atoms with Gasteiger partial charge in [-0.3, -0.25) is 4.57 Å². The summed E-state index contributed by atoms with van der Waals surface area (Å²) in [4.78, 5) is 11.2. The van der Waals surface area contributed by atoms with Gasteiger partial charge in [0.2, 0.25) is 0 Å². The zero-order chi connectivity index (χ0) is 21.1. The zero-order valence-electron chi connectivity index (χ0n) is 16.6. The van der Waals surface area contributed by atoms with Crippen LogP contribution in [-0.2, 0) is 11.4 Å². The van der Waals surface area contributed by atoms with Gasteiger partial charge in [-0.05, 0) is 37.4 Å². The van der Waals surface area contributed by atoms with Crippen LogP contribution in [0.15, 0.2) is 71.9 Å². The highest BCUT2D eigenvalue weighted by atomic mass is 32.2. The summed E-state index contributed by atoms with van der Waals surface area (Å²) in [6.45, 7) is 3.77. The lowest BCUT2D eigenvalue weighted by atomic mass is 10.1. The van der Waals surface area contributed by atoms with Crippen molar-refractivity contribution in [3.05, 3.63) is 78.1 Å². The molecule has 7 heteroatoms. The van der Waals surface area contributed by atoms with Crippen molar-refractivity contribution in [1.29, 1.82) is 0 Å². The van der Waals surface area contributed by atoms with Crippen LogP contribution >= 0.6 is 11.8 Å². The minimum absolute atomic E-state index is 0.190. The van der Waals surface area contributed by atoms with E-state index in [4.69, 9.17) is 4.74 Å². The van der Waals surface area contributed by atoms with Gasteiger partial charge in [-0.25, -0.2) is 0 Å². The summed E-state index contributed by atoms with van der Waals surface area (Å²) < 4.78 is 7.92. The fraction of sp³-hybridized carbons (Fsp3) is 0.174. The van der Waals surface area contributed by atoms with Gasteiger partial charge in [-0.2, -0.15) is 0 Å². The first-order valence-electron chi connectivity index (χ1n) is 9.52. The van der Waals surface area contributed by atoms with Gasteiger partial charge in [0.1, 0.15) is 12.4 Å². The van der Waals surface area contributed by atoms with Crippen LogP contribution < -0.4 is 9.84 Å². The third kappa shape index (κ3) is 4.16. The SMILES string of the molecule is Cc1ccc(-n2c(COc3cccc4ccccc34)nnc2S[C@@H](C)C(=O)[O-])cc1. The van der Waals surface area contributed by atoms with Gasteiger partial charge in [0.15, 0.2) is 11.0 Å². The Labute approximate surface area is 178 Å². The molecule has 0 fully saturated rings. The van der Waals surface area contributed by atoms with Crippen molar-refractivity contribution >= 4 is 28.5 Å². The van der Waals surface area contributed by atoms with Crippen molar-refractivity contribution in [2.45, 2.75) is 30.9 Å². The number of aliphatic carboxylic acids is 1. The minimum atomic E-state index is -1.15. The molecule has 0 bridgehead atoms.